The van der Waals surface area contributed by atoms with Crippen LogP contribution < -0.4 is 10.2 Å². The van der Waals surface area contributed by atoms with Gasteiger partial charge in [-0.3, -0.25) is 4.79 Å². The van der Waals surface area contributed by atoms with Gasteiger partial charge in [-0.25, -0.2) is 4.98 Å². The lowest BCUT2D eigenvalue weighted by atomic mass is 9.95. The summed E-state index contributed by atoms with van der Waals surface area (Å²) in [6.45, 7) is 8.78. The lowest BCUT2D eigenvalue weighted by molar-refractivity contribution is -0.125. The summed E-state index contributed by atoms with van der Waals surface area (Å²) in [5.41, 5.74) is 0.930. The highest BCUT2D eigenvalue weighted by atomic mass is 16.1. The Hall–Kier alpha value is -2.18. The number of carbonyl (C=O) groups is 1. The van der Waals surface area contributed by atoms with E-state index in [1.807, 2.05) is 13.0 Å². The van der Waals surface area contributed by atoms with E-state index in [1.165, 1.54) is 6.33 Å². The Bertz CT molecular complexity index is 702. The molecule has 0 radical (unpaired) electrons. The van der Waals surface area contributed by atoms with E-state index in [4.69, 9.17) is 0 Å². The molecule has 0 aromatic carbocycles. The van der Waals surface area contributed by atoms with Gasteiger partial charge in [-0.1, -0.05) is 13.8 Å². The highest BCUT2D eigenvalue weighted by Crippen LogP contribution is 2.24. The molecule has 2 aromatic heterocycles. The van der Waals surface area contributed by atoms with E-state index < -0.39 is 0 Å². The van der Waals surface area contributed by atoms with Crippen LogP contribution in [0.3, 0.4) is 0 Å². The number of piperidine rings is 1. The molecule has 130 valence electrons. The molecule has 7 heteroatoms. The van der Waals surface area contributed by atoms with Crippen molar-refractivity contribution in [2.24, 2.45) is 11.8 Å². The van der Waals surface area contributed by atoms with Crippen LogP contribution in [0.2, 0.25) is 0 Å². The molecule has 0 atom stereocenters. The molecule has 3 heterocycles. The van der Waals surface area contributed by atoms with Gasteiger partial charge in [-0.2, -0.15) is 14.6 Å². The van der Waals surface area contributed by atoms with Crippen molar-refractivity contribution < 1.29 is 4.79 Å². The van der Waals surface area contributed by atoms with Crippen LogP contribution in [0.15, 0.2) is 12.4 Å². The van der Waals surface area contributed by atoms with Crippen LogP contribution in [0, 0.1) is 18.8 Å². The zero-order chi connectivity index (χ0) is 17.1. The van der Waals surface area contributed by atoms with E-state index in [0.29, 0.717) is 11.7 Å². The quantitative estimate of drug-likeness (QED) is 0.905. The van der Waals surface area contributed by atoms with E-state index in [2.05, 4.69) is 39.1 Å². The SMILES string of the molecule is Cc1cc(N2CCC(C(=O)NCCC(C)C)CC2)n2ncnc2n1. The summed E-state index contributed by atoms with van der Waals surface area (Å²) in [6.07, 6.45) is 4.29. The zero-order valence-corrected chi connectivity index (χ0v) is 14.7. The van der Waals surface area contributed by atoms with Crippen LogP contribution in [0.5, 0.6) is 0 Å². The minimum Gasteiger partial charge on any atom is -0.356 e. The fraction of sp³-hybridized carbons (Fsp3) is 0.647. The van der Waals surface area contributed by atoms with E-state index in [-0.39, 0.29) is 11.8 Å². The number of amides is 1. The predicted octanol–water partition coefficient (Wildman–Crippen LogP) is 1.81. The zero-order valence-electron chi connectivity index (χ0n) is 14.7. The number of rotatable bonds is 5. The maximum Gasteiger partial charge on any atom is 0.254 e. The number of anilines is 1. The molecular formula is C17H26N6O. The van der Waals surface area contributed by atoms with Crippen molar-refractivity contribution in [2.75, 3.05) is 24.5 Å². The van der Waals surface area contributed by atoms with Gasteiger partial charge in [0, 0.05) is 37.3 Å². The first-order valence-electron chi connectivity index (χ1n) is 8.74. The first-order chi connectivity index (χ1) is 11.5. The van der Waals surface area contributed by atoms with Gasteiger partial charge in [0.15, 0.2) is 0 Å². The van der Waals surface area contributed by atoms with Crippen LogP contribution in [-0.4, -0.2) is 45.1 Å². The summed E-state index contributed by atoms with van der Waals surface area (Å²) in [5, 5.41) is 7.35. The largest absolute Gasteiger partial charge is 0.356 e. The number of fused-ring (bicyclic) bond motifs is 1. The Morgan fingerprint density at radius 1 is 1.38 bits per heavy atom. The summed E-state index contributed by atoms with van der Waals surface area (Å²) in [5.74, 6) is 2.56. The number of aromatic nitrogens is 4. The topological polar surface area (TPSA) is 75.4 Å². The molecule has 1 aliphatic rings. The van der Waals surface area contributed by atoms with Gasteiger partial charge >= 0.3 is 0 Å². The van der Waals surface area contributed by atoms with Gasteiger partial charge in [0.25, 0.3) is 5.78 Å². The van der Waals surface area contributed by atoms with Gasteiger partial charge < -0.3 is 10.2 Å². The van der Waals surface area contributed by atoms with Crippen molar-refractivity contribution in [1.82, 2.24) is 24.9 Å². The highest BCUT2D eigenvalue weighted by molar-refractivity contribution is 5.78. The second-order valence-electron chi connectivity index (χ2n) is 6.96. The minimum absolute atomic E-state index is 0.114. The molecule has 3 rings (SSSR count). The Kier molecular flexibility index (Phi) is 4.97. The molecule has 1 aliphatic heterocycles. The van der Waals surface area contributed by atoms with Gasteiger partial charge in [0.1, 0.15) is 12.1 Å². The Morgan fingerprint density at radius 2 is 2.12 bits per heavy atom. The van der Waals surface area contributed by atoms with Crippen molar-refractivity contribution in [3.8, 4) is 0 Å². The normalized spacial score (nSPS) is 16.1. The molecule has 24 heavy (non-hydrogen) atoms. The monoisotopic (exact) mass is 330 g/mol. The average Bonchev–Trinajstić information content (AvgIpc) is 3.02. The molecule has 0 aliphatic carbocycles. The first kappa shape index (κ1) is 16.7. The van der Waals surface area contributed by atoms with Gasteiger partial charge in [0.05, 0.1) is 0 Å². The van der Waals surface area contributed by atoms with Crippen molar-refractivity contribution in [3.63, 3.8) is 0 Å². The summed E-state index contributed by atoms with van der Waals surface area (Å²) in [7, 11) is 0. The van der Waals surface area contributed by atoms with E-state index in [0.717, 1.165) is 50.4 Å². The molecule has 1 fully saturated rings. The number of carbonyl (C=O) groups excluding carboxylic acids is 1. The first-order valence-corrected chi connectivity index (χ1v) is 8.74. The fourth-order valence-corrected chi connectivity index (χ4v) is 3.14. The highest BCUT2D eigenvalue weighted by Gasteiger charge is 2.26. The molecule has 0 bridgehead atoms. The van der Waals surface area contributed by atoms with E-state index in [9.17, 15) is 4.79 Å². The third kappa shape index (κ3) is 3.66. The maximum atomic E-state index is 12.3. The van der Waals surface area contributed by atoms with Gasteiger partial charge in [-0.05, 0) is 32.1 Å². The minimum atomic E-state index is 0.114. The Labute approximate surface area is 142 Å². The third-order valence-electron chi connectivity index (χ3n) is 4.57. The lowest BCUT2D eigenvalue weighted by Crippen LogP contribution is -2.41. The molecule has 0 spiro atoms. The number of hydrogen-bond acceptors (Lipinski definition) is 5. The molecular weight excluding hydrogens is 304 g/mol. The maximum absolute atomic E-state index is 12.3. The number of nitrogens with one attached hydrogen (secondary N) is 1. The van der Waals surface area contributed by atoms with E-state index >= 15 is 0 Å². The van der Waals surface area contributed by atoms with E-state index in [1.54, 1.807) is 4.52 Å². The summed E-state index contributed by atoms with van der Waals surface area (Å²) < 4.78 is 1.77. The molecule has 0 saturated carbocycles. The standard InChI is InChI=1S/C17H26N6O/c1-12(2)4-7-18-16(24)14-5-8-22(9-6-14)15-10-13(3)21-17-19-11-20-23(15)17/h10-12,14H,4-9H2,1-3H3,(H,18,24). The molecule has 1 N–H and O–H groups in total. The van der Waals surface area contributed by atoms with Crippen LogP contribution in [0.1, 0.15) is 38.8 Å². The van der Waals surface area contributed by atoms with Crippen LogP contribution in [0.25, 0.3) is 5.78 Å². The van der Waals surface area contributed by atoms with Crippen molar-refractivity contribution in [2.45, 2.75) is 40.0 Å². The number of nitrogens with zero attached hydrogens (tertiary/aromatic N) is 5. The average molecular weight is 330 g/mol. The van der Waals surface area contributed by atoms with Crippen molar-refractivity contribution in [3.05, 3.63) is 18.1 Å². The molecule has 2 aromatic rings. The predicted molar refractivity (Wildman–Crippen MR) is 92.9 cm³/mol. The van der Waals surface area contributed by atoms with Crippen LogP contribution in [-0.2, 0) is 4.79 Å². The molecule has 1 amide bonds. The Balaban J connectivity index is 1.60. The fourth-order valence-electron chi connectivity index (χ4n) is 3.14. The number of aryl methyl sites for hydroxylation is 1. The molecule has 1 saturated heterocycles. The smallest absolute Gasteiger partial charge is 0.254 e. The van der Waals surface area contributed by atoms with Crippen molar-refractivity contribution in [1.29, 1.82) is 0 Å². The molecule has 0 unspecified atom stereocenters. The van der Waals surface area contributed by atoms with Gasteiger partial charge in [0.2, 0.25) is 5.91 Å². The summed E-state index contributed by atoms with van der Waals surface area (Å²) in [6, 6.07) is 2.03. The second kappa shape index (κ2) is 7.15. The van der Waals surface area contributed by atoms with Crippen LogP contribution in [0.4, 0.5) is 5.82 Å². The third-order valence-corrected chi connectivity index (χ3v) is 4.57. The summed E-state index contributed by atoms with van der Waals surface area (Å²) in [4.78, 5) is 23.1. The van der Waals surface area contributed by atoms with Gasteiger partial charge in [-0.15, -0.1) is 0 Å². The second-order valence-corrected chi connectivity index (χ2v) is 6.96. The van der Waals surface area contributed by atoms with Crippen molar-refractivity contribution >= 4 is 17.5 Å². The molecule has 7 nitrogen and oxygen atoms in total. The Morgan fingerprint density at radius 3 is 2.83 bits per heavy atom. The lowest BCUT2D eigenvalue weighted by Gasteiger charge is -2.32. The summed E-state index contributed by atoms with van der Waals surface area (Å²) >= 11 is 0. The number of hydrogen-bond donors (Lipinski definition) is 1. The van der Waals surface area contributed by atoms with Crippen LogP contribution >= 0.6 is 0 Å².